The predicted octanol–water partition coefficient (Wildman–Crippen LogP) is 1.20. The van der Waals surface area contributed by atoms with Crippen LogP contribution in [-0.4, -0.2) is 32.2 Å². The highest BCUT2D eigenvalue weighted by Crippen LogP contribution is 2.33. The Labute approximate surface area is 105 Å². The number of carbonyl (C=O) groups is 1. The van der Waals surface area contributed by atoms with Crippen LogP contribution in [0.25, 0.3) is 0 Å². The molecule has 2 N–H and O–H groups in total. The number of ether oxygens (including phenoxy) is 1. The second-order valence-corrected chi connectivity index (χ2v) is 4.45. The number of amides is 1. The Morgan fingerprint density at radius 2 is 2.41 bits per heavy atom. The van der Waals surface area contributed by atoms with Crippen LogP contribution in [0.15, 0.2) is 18.2 Å². The van der Waals surface area contributed by atoms with Gasteiger partial charge in [-0.1, -0.05) is 17.7 Å². The van der Waals surface area contributed by atoms with Crippen LogP contribution in [0.3, 0.4) is 0 Å². The molecule has 17 heavy (non-hydrogen) atoms. The Morgan fingerprint density at radius 3 is 3.12 bits per heavy atom. The van der Waals surface area contributed by atoms with Crippen molar-refractivity contribution in [3.8, 4) is 0 Å². The summed E-state index contributed by atoms with van der Waals surface area (Å²) in [5, 5.41) is 0.707. The summed E-state index contributed by atoms with van der Waals surface area (Å²) in [6.07, 6.45) is 0.778. The molecule has 0 bridgehead atoms. The quantitative estimate of drug-likeness (QED) is 0.882. The normalized spacial score (nSPS) is 15.8. The van der Waals surface area contributed by atoms with Gasteiger partial charge in [0, 0.05) is 24.4 Å². The monoisotopic (exact) mass is 254 g/mol. The molecule has 0 saturated carbocycles. The molecule has 1 aliphatic heterocycles. The molecular formula is C12H15ClN2O2. The molecule has 1 aliphatic rings. The molecule has 0 fully saturated rings. The first-order valence-corrected chi connectivity index (χ1v) is 5.86. The van der Waals surface area contributed by atoms with Gasteiger partial charge in [0.15, 0.2) is 0 Å². The zero-order valence-corrected chi connectivity index (χ0v) is 10.4. The van der Waals surface area contributed by atoms with E-state index in [9.17, 15) is 4.79 Å². The highest BCUT2D eigenvalue weighted by molar-refractivity contribution is 6.32. The molecule has 92 valence electrons. The minimum Gasteiger partial charge on any atom is -0.383 e. The average Bonchev–Trinajstić information content (AvgIpc) is 2.73. The van der Waals surface area contributed by atoms with E-state index in [0.717, 1.165) is 17.7 Å². The Morgan fingerprint density at radius 1 is 1.65 bits per heavy atom. The van der Waals surface area contributed by atoms with Crippen molar-refractivity contribution in [2.24, 2.45) is 5.73 Å². The third kappa shape index (κ3) is 2.29. The molecule has 2 rings (SSSR count). The second kappa shape index (κ2) is 5.04. The molecule has 0 aliphatic carbocycles. The summed E-state index contributed by atoms with van der Waals surface area (Å²) >= 11 is 6.09. The van der Waals surface area contributed by atoms with E-state index in [2.05, 4.69) is 0 Å². The smallest absolute Gasteiger partial charge is 0.246 e. The van der Waals surface area contributed by atoms with Crippen molar-refractivity contribution in [3.63, 3.8) is 0 Å². The highest BCUT2D eigenvalue weighted by Gasteiger charge is 2.29. The number of nitrogens with two attached hydrogens (primary N) is 1. The number of carbonyl (C=O) groups excluding carboxylic acids is 1. The fourth-order valence-corrected chi connectivity index (χ4v) is 2.34. The predicted molar refractivity (Wildman–Crippen MR) is 67.4 cm³/mol. The van der Waals surface area contributed by atoms with E-state index in [-0.39, 0.29) is 12.5 Å². The first-order chi connectivity index (χ1) is 8.15. The van der Waals surface area contributed by atoms with E-state index < -0.39 is 6.04 Å². The van der Waals surface area contributed by atoms with Crippen LogP contribution < -0.4 is 10.6 Å². The Kier molecular flexibility index (Phi) is 3.66. The van der Waals surface area contributed by atoms with E-state index in [1.165, 1.54) is 7.11 Å². The van der Waals surface area contributed by atoms with Crippen LogP contribution >= 0.6 is 11.6 Å². The molecule has 1 atom stereocenters. The summed E-state index contributed by atoms with van der Waals surface area (Å²) in [5.41, 5.74) is 7.64. The van der Waals surface area contributed by atoms with Crippen LogP contribution in [0.4, 0.5) is 5.69 Å². The van der Waals surface area contributed by atoms with Crippen LogP contribution in [-0.2, 0) is 16.0 Å². The van der Waals surface area contributed by atoms with Gasteiger partial charge in [0.05, 0.1) is 6.61 Å². The summed E-state index contributed by atoms with van der Waals surface area (Å²) < 4.78 is 4.90. The lowest BCUT2D eigenvalue weighted by Gasteiger charge is -2.21. The molecule has 0 radical (unpaired) electrons. The molecule has 1 heterocycles. The second-order valence-electron chi connectivity index (χ2n) is 4.04. The van der Waals surface area contributed by atoms with Gasteiger partial charge in [0.25, 0.3) is 0 Å². The van der Waals surface area contributed by atoms with Gasteiger partial charge in [0.1, 0.15) is 6.04 Å². The maximum Gasteiger partial charge on any atom is 0.246 e. The van der Waals surface area contributed by atoms with Crippen LogP contribution in [0.5, 0.6) is 0 Å². The Balaban J connectivity index is 2.22. The number of anilines is 1. The summed E-state index contributed by atoms with van der Waals surface area (Å²) in [7, 11) is 1.53. The fourth-order valence-electron chi connectivity index (χ4n) is 2.07. The van der Waals surface area contributed by atoms with Gasteiger partial charge in [-0.05, 0) is 24.1 Å². The number of hydrogen-bond acceptors (Lipinski definition) is 3. The van der Waals surface area contributed by atoms with Gasteiger partial charge in [-0.2, -0.15) is 0 Å². The standard InChI is InChI=1S/C12H15ClN2O2/c1-17-7-10(14)12(16)15-6-5-8-9(13)3-2-4-11(8)15/h2-4,10H,5-7,14H2,1H3. The highest BCUT2D eigenvalue weighted by atomic mass is 35.5. The molecular weight excluding hydrogens is 240 g/mol. The summed E-state index contributed by atoms with van der Waals surface area (Å²) in [6.45, 7) is 0.862. The molecule has 1 aromatic carbocycles. The number of methoxy groups -OCH3 is 1. The van der Waals surface area contributed by atoms with Crippen LogP contribution in [0.2, 0.25) is 5.02 Å². The molecule has 0 aromatic heterocycles. The van der Waals surface area contributed by atoms with Gasteiger partial charge >= 0.3 is 0 Å². The summed E-state index contributed by atoms with van der Waals surface area (Å²) in [4.78, 5) is 13.8. The lowest BCUT2D eigenvalue weighted by atomic mass is 10.2. The van der Waals surface area contributed by atoms with Crippen molar-refractivity contribution >= 4 is 23.2 Å². The van der Waals surface area contributed by atoms with Crippen molar-refractivity contribution < 1.29 is 9.53 Å². The van der Waals surface area contributed by atoms with Crippen molar-refractivity contribution in [1.82, 2.24) is 0 Å². The first kappa shape index (κ1) is 12.4. The Bertz CT molecular complexity index is 437. The maximum atomic E-state index is 12.1. The molecule has 1 amide bonds. The average molecular weight is 255 g/mol. The zero-order valence-electron chi connectivity index (χ0n) is 9.65. The zero-order chi connectivity index (χ0) is 12.4. The SMILES string of the molecule is COCC(N)C(=O)N1CCc2c(Cl)cccc21. The van der Waals surface area contributed by atoms with Gasteiger partial charge in [-0.25, -0.2) is 0 Å². The molecule has 1 unspecified atom stereocenters. The number of hydrogen-bond donors (Lipinski definition) is 1. The van der Waals surface area contributed by atoms with Gasteiger partial charge < -0.3 is 15.4 Å². The number of benzene rings is 1. The van der Waals surface area contributed by atoms with E-state index in [0.29, 0.717) is 11.6 Å². The molecule has 1 aromatic rings. The minimum atomic E-state index is -0.620. The number of halogens is 1. The number of rotatable bonds is 3. The maximum absolute atomic E-state index is 12.1. The van der Waals surface area contributed by atoms with Crippen LogP contribution in [0, 0.1) is 0 Å². The number of fused-ring (bicyclic) bond motifs is 1. The summed E-state index contributed by atoms with van der Waals surface area (Å²) in [6, 6.07) is 4.95. The van der Waals surface area contributed by atoms with Crippen molar-refractivity contribution in [1.29, 1.82) is 0 Å². The lowest BCUT2D eigenvalue weighted by molar-refractivity contribution is -0.120. The van der Waals surface area contributed by atoms with E-state index in [1.54, 1.807) is 4.90 Å². The number of nitrogens with zero attached hydrogens (tertiary/aromatic N) is 1. The fraction of sp³-hybridized carbons (Fsp3) is 0.417. The van der Waals surface area contributed by atoms with Crippen molar-refractivity contribution in [2.75, 3.05) is 25.2 Å². The topological polar surface area (TPSA) is 55.6 Å². The van der Waals surface area contributed by atoms with Gasteiger partial charge in [-0.15, -0.1) is 0 Å². The lowest BCUT2D eigenvalue weighted by Crippen LogP contribution is -2.45. The molecule has 0 spiro atoms. The third-order valence-corrected chi connectivity index (χ3v) is 3.25. The molecule has 4 nitrogen and oxygen atoms in total. The Hall–Kier alpha value is -1.10. The van der Waals surface area contributed by atoms with Gasteiger partial charge in [0.2, 0.25) is 5.91 Å². The van der Waals surface area contributed by atoms with E-state index >= 15 is 0 Å². The third-order valence-electron chi connectivity index (χ3n) is 2.90. The molecule has 0 saturated heterocycles. The van der Waals surface area contributed by atoms with Crippen LogP contribution in [0.1, 0.15) is 5.56 Å². The molecule has 5 heteroatoms. The largest absolute Gasteiger partial charge is 0.383 e. The van der Waals surface area contributed by atoms with E-state index in [1.807, 2.05) is 18.2 Å². The minimum absolute atomic E-state index is 0.118. The van der Waals surface area contributed by atoms with Crippen molar-refractivity contribution in [2.45, 2.75) is 12.5 Å². The van der Waals surface area contributed by atoms with E-state index in [4.69, 9.17) is 22.1 Å². The first-order valence-electron chi connectivity index (χ1n) is 5.48. The van der Waals surface area contributed by atoms with Gasteiger partial charge in [-0.3, -0.25) is 4.79 Å². The van der Waals surface area contributed by atoms with Crippen molar-refractivity contribution in [3.05, 3.63) is 28.8 Å². The summed E-state index contributed by atoms with van der Waals surface area (Å²) in [5.74, 6) is -0.118.